The number of nitrogens with two attached hydrogens (primary N) is 1. The largest absolute Gasteiger partial charge is 0.379 e. The first-order valence-electron chi connectivity index (χ1n) is 10.4. The number of sulfonamides is 1. The van der Waals surface area contributed by atoms with Crippen molar-refractivity contribution in [3.63, 3.8) is 0 Å². The number of nitrogens with one attached hydrogen (secondary N) is 1. The molecule has 0 spiro atoms. The SMILES string of the molecule is CN(c1ccccc1)c1cc(NCc2cccs2)c(S(=O)(=O)Oc2ccccc2)cc1S(N)(=O)=O. The second kappa shape index (κ2) is 10.1. The summed E-state index contributed by atoms with van der Waals surface area (Å²) in [6.45, 7) is 0.328. The zero-order valence-electron chi connectivity index (χ0n) is 18.7. The Labute approximate surface area is 208 Å². The second-order valence-electron chi connectivity index (χ2n) is 7.54. The molecule has 11 heteroatoms. The minimum absolute atomic E-state index is 0.0966. The van der Waals surface area contributed by atoms with Gasteiger partial charge in [0.05, 0.1) is 11.4 Å². The molecule has 35 heavy (non-hydrogen) atoms. The van der Waals surface area contributed by atoms with Gasteiger partial charge in [0.1, 0.15) is 15.5 Å². The van der Waals surface area contributed by atoms with Crippen molar-refractivity contribution in [3.05, 3.63) is 95.2 Å². The Balaban J connectivity index is 1.87. The van der Waals surface area contributed by atoms with Crippen molar-refractivity contribution < 1.29 is 21.0 Å². The van der Waals surface area contributed by atoms with Crippen molar-refractivity contribution in [3.8, 4) is 5.75 Å². The predicted molar refractivity (Wildman–Crippen MR) is 138 cm³/mol. The van der Waals surface area contributed by atoms with Gasteiger partial charge < -0.3 is 14.4 Å². The number of anilines is 3. The lowest BCUT2D eigenvalue weighted by molar-refractivity contribution is 0.486. The molecule has 0 unspecified atom stereocenters. The number of para-hydroxylation sites is 2. The Hall–Kier alpha value is -3.38. The van der Waals surface area contributed by atoms with Crippen LogP contribution in [0.2, 0.25) is 0 Å². The van der Waals surface area contributed by atoms with Gasteiger partial charge in [-0.2, -0.15) is 8.42 Å². The Bertz CT molecular complexity index is 1510. The lowest BCUT2D eigenvalue weighted by atomic mass is 10.2. The number of benzene rings is 3. The zero-order valence-corrected chi connectivity index (χ0v) is 21.1. The highest BCUT2D eigenvalue weighted by Crippen LogP contribution is 2.37. The standard InChI is InChI=1S/C24H23N3O5S3/c1-27(18-9-4-2-5-10-18)22-15-21(26-17-20-13-8-14-33-20)23(16-24(22)34(25,28)29)35(30,31)32-19-11-6-3-7-12-19/h2-16,26H,17H2,1H3,(H2,25,28,29). The first kappa shape index (κ1) is 24.7. The molecule has 0 aliphatic carbocycles. The first-order valence-corrected chi connectivity index (χ1v) is 14.2. The molecule has 0 fully saturated rings. The molecular formula is C24H23N3O5S3. The van der Waals surface area contributed by atoms with Gasteiger partial charge in [-0.15, -0.1) is 11.3 Å². The summed E-state index contributed by atoms with van der Waals surface area (Å²) < 4.78 is 57.1. The average molecular weight is 530 g/mol. The number of thiophene rings is 1. The summed E-state index contributed by atoms with van der Waals surface area (Å²) >= 11 is 1.50. The molecule has 3 aromatic carbocycles. The monoisotopic (exact) mass is 529 g/mol. The van der Waals surface area contributed by atoms with Crippen LogP contribution in [0, 0.1) is 0 Å². The van der Waals surface area contributed by atoms with Crippen LogP contribution in [0.4, 0.5) is 17.1 Å². The molecule has 0 amide bonds. The number of rotatable bonds is 9. The number of primary sulfonamides is 1. The third-order valence-corrected chi connectivity index (χ3v) is 8.23. The van der Waals surface area contributed by atoms with E-state index in [1.165, 1.54) is 29.5 Å². The van der Waals surface area contributed by atoms with Crippen molar-refractivity contribution in [1.82, 2.24) is 0 Å². The van der Waals surface area contributed by atoms with Crippen LogP contribution in [0.5, 0.6) is 5.75 Å². The van der Waals surface area contributed by atoms with Crippen LogP contribution in [0.15, 0.2) is 100 Å². The molecule has 0 aliphatic heterocycles. The molecule has 0 saturated heterocycles. The van der Waals surface area contributed by atoms with E-state index in [4.69, 9.17) is 9.32 Å². The Morgan fingerprint density at radius 3 is 2.14 bits per heavy atom. The first-order chi connectivity index (χ1) is 16.6. The lowest BCUT2D eigenvalue weighted by Gasteiger charge is -2.24. The van der Waals surface area contributed by atoms with Gasteiger partial charge in [-0.3, -0.25) is 0 Å². The Kier molecular flexibility index (Phi) is 7.13. The number of nitrogens with zero attached hydrogens (tertiary/aromatic N) is 1. The Morgan fingerprint density at radius 2 is 1.54 bits per heavy atom. The van der Waals surface area contributed by atoms with Crippen LogP contribution in [-0.4, -0.2) is 23.9 Å². The number of hydrogen-bond donors (Lipinski definition) is 2. The molecule has 0 aliphatic rings. The average Bonchev–Trinajstić information content (AvgIpc) is 3.36. The topological polar surface area (TPSA) is 119 Å². The van der Waals surface area contributed by atoms with Gasteiger partial charge in [0.25, 0.3) is 0 Å². The molecule has 4 aromatic rings. The van der Waals surface area contributed by atoms with Gasteiger partial charge >= 0.3 is 10.1 Å². The van der Waals surface area contributed by atoms with Crippen molar-refractivity contribution in [2.75, 3.05) is 17.3 Å². The quantitative estimate of drug-likeness (QED) is 0.306. The van der Waals surface area contributed by atoms with Gasteiger partial charge in [-0.25, -0.2) is 13.6 Å². The van der Waals surface area contributed by atoms with Gasteiger partial charge in [-0.1, -0.05) is 42.5 Å². The Morgan fingerprint density at radius 1 is 0.886 bits per heavy atom. The van der Waals surface area contributed by atoms with E-state index in [1.807, 2.05) is 35.7 Å². The van der Waals surface area contributed by atoms with E-state index in [1.54, 1.807) is 42.3 Å². The zero-order chi connectivity index (χ0) is 25.1. The van der Waals surface area contributed by atoms with Gasteiger partial charge in [0.15, 0.2) is 0 Å². The fraction of sp³-hybridized carbons (Fsp3) is 0.0833. The van der Waals surface area contributed by atoms with Crippen molar-refractivity contribution in [2.24, 2.45) is 5.14 Å². The van der Waals surface area contributed by atoms with Crippen LogP contribution in [0.1, 0.15) is 4.88 Å². The van der Waals surface area contributed by atoms with Gasteiger partial charge in [0.2, 0.25) is 10.0 Å². The van der Waals surface area contributed by atoms with Crippen molar-refractivity contribution in [2.45, 2.75) is 16.3 Å². The molecule has 0 bridgehead atoms. The maximum Gasteiger partial charge on any atom is 0.341 e. The molecule has 0 radical (unpaired) electrons. The summed E-state index contributed by atoms with van der Waals surface area (Å²) in [6.07, 6.45) is 0. The van der Waals surface area contributed by atoms with Crippen LogP contribution in [0.25, 0.3) is 0 Å². The molecule has 0 saturated carbocycles. The maximum absolute atomic E-state index is 13.3. The third-order valence-electron chi connectivity index (χ3n) is 5.12. The summed E-state index contributed by atoms with van der Waals surface area (Å²) in [4.78, 5) is 1.91. The van der Waals surface area contributed by atoms with E-state index in [-0.39, 0.29) is 26.9 Å². The van der Waals surface area contributed by atoms with E-state index < -0.39 is 20.1 Å². The summed E-state index contributed by atoms with van der Waals surface area (Å²) in [5.41, 5.74) is 1.09. The van der Waals surface area contributed by atoms with Gasteiger partial charge in [0, 0.05) is 24.2 Å². The second-order valence-corrected chi connectivity index (χ2v) is 11.6. The molecule has 4 rings (SSSR count). The van der Waals surface area contributed by atoms with E-state index in [2.05, 4.69) is 5.32 Å². The van der Waals surface area contributed by atoms with Crippen molar-refractivity contribution in [1.29, 1.82) is 0 Å². The van der Waals surface area contributed by atoms with E-state index in [0.717, 1.165) is 10.9 Å². The van der Waals surface area contributed by atoms with Crippen molar-refractivity contribution >= 4 is 48.5 Å². The summed E-state index contributed by atoms with van der Waals surface area (Å²) in [5.74, 6) is 0.0966. The number of hydrogen-bond acceptors (Lipinski definition) is 8. The normalized spacial score (nSPS) is 11.7. The lowest BCUT2D eigenvalue weighted by Crippen LogP contribution is -2.21. The van der Waals surface area contributed by atoms with Crippen LogP contribution in [0.3, 0.4) is 0 Å². The van der Waals surface area contributed by atoms with E-state index in [0.29, 0.717) is 12.2 Å². The molecular weight excluding hydrogens is 506 g/mol. The highest BCUT2D eigenvalue weighted by atomic mass is 32.2. The highest BCUT2D eigenvalue weighted by Gasteiger charge is 2.28. The van der Waals surface area contributed by atoms with Crippen LogP contribution >= 0.6 is 11.3 Å². The minimum Gasteiger partial charge on any atom is -0.379 e. The third kappa shape index (κ3) is 5.82. The van der Waals surface area contributed by atoms with E-state index >= 15 is 0 Å². The molecule has 1 heterocycles. The highest BCUT2D eigenvalue weighted by molar-refractivity contribution is 7.89. The smallest absolute Gasteiger partial charge is 0.341 e. The summed E-state index contributed by atoms with van der Waals surface area (Å²) in [6, 6.07) is 23.3. The fourth-order valence-corrected chi connectivity index (χ4v) is 6.02. The minimum atomic E-state index is -4.42. The molecule has 1 aromatic heterocycles. The van der Waals surface area contributed by atoms with Crippen LogP contribution in [-0.2, 0) is 26.7 Å². The van der Waals surface area contributed by atoms with Gasteiger partial charge in [-0.05, 0) is 47.8 Å². The maximum atomic E-state index is 13.3. The fourth-order valence-electron chi connectivity index (χ4n) is 3.42. The molecule has 3 N–H and O–H groups in total. The molecule has 182 valence electrons. The van der Waals surface area contributed by atoms with E-state index in [9.17, 15) is 16.8 Å². The predicted octanol–water partition coefficient (Wildman–Crippen LogP) is 4.54. The van der Waals surface area contributed by atoms with Crippen LogP contribution < -0.4 is 19.5 Å². The summed E-state index contributed by atoms with van der Waals surface area (Å²) in [7, 11) is -7.05. The summed E-state index contributed by atoms with van der Waals surface area (Å²) in [5, 5.41) is 10.6. The molecule has 0 atom stereocenters. The molecule has 8 nitrogen and oxygen atoms in total.